The lowest BCUT2D eigenvalue weighted by Crippen LogP contribution is -2.03. The van der Waals surface area contributed by atoms with E-state index in [-0.39, 0.29) is 0 Å². The predicted molar refractivity (Wildman–Crippen MR) is 67.1 cm³/mol. The molecule has 1 N–H and O–H groups in total. The minimum atomic E-state index is -0.865. The first-order valence-corrected chi connectivity index (χ1v) is 5.92. The number of aliphatic hydroxyl groups excluding tert-OH is 1. The Hall–Kier alpha value is -1.26. The van der Waals surface area contributed by atoms with Gasteiger partial charge in [0.05, 0.1) is 6.20 Å². The summed E-state index contributed by atoms with van der Waals surface area (Å²) in [6.07, 6.45) is 1.72. The molecule has 2 aromatic rings. The molecule has 4 heteroatoms. The Morgan fingerprint density at radius 3 is 2.76 bits per heavy atom. The molecule has 0 bridgehead atoms. The van der Waals surface area contributed by atoms with Gasteiger partial charge in [-0.05, 0) is 36.2 Å². The molecule has 0 saturated carbocycles. The summed E-state index contributed by atoms with van der Waals surface area (Å²) >= 11 is 3.35. The molecule has 1 heterocycles. The van der Waals surface area contributed by atoms with E-state index in [4.69, 9.17) is 0 Å². The van der Waals surface area contributed by atoms with Gasteiger partial charge in [0.2, 0.25) is 0 Å². The average molecular weight is 296 g/mol. The number of aliphatic hydroxyl groups is 1. The highest BCUT2D eigenvalue weighted by Crippen LogP contribution is 2.27. The smallest absolute Gasteiger partial charge is 0.141 e. The van der Waals surface area contributed by atoms with Crippen molar-refractivity contribution >= 4 is 15.9 Å². The first-order chi connectivity index (χ1) is 8.08. The summed E-state index contributed by atoms with van der Waals surface area (Å²) in [5, 5.41) is 10.2. The number of rotatable bonds is 2. The van der Waals surface area contributed by atoms with E-state index in [0.29, 0.717) is 5.56 Å². The van der Waals surface area contributed by atoms with Gasteiger partial charge in [-0.15, -0.1) is 0 Å². The van der Waals surface area contributed by atoms with Gasteiger partial charge in [0.1, 0.15) is 11.9 Å². The zero-order valence-corrected chi connectivity index (χ0v) is 10.8. The maximum atomic E-state index is 13.0. The van der Waals surface area contributed by atoms with Crippen molar-refractivity contribution in [3.05, 3.63) is 63.6 Å². The van der Waals surface area contributed by atoms with Crippen LogP contribution in [0.3, 0.4) is 0 Å². The number of aromatic nitrogens is 1. The van der Waals surface area contributed by atoms with Gasteiger partial charge in [0.15, 0.2) is 0 Å². The highest BCUT2D eigenvalue weighted by atomic mass is 79.9. The van der Waals surface area contributed by atoms with E-state index >= 15 is 0 Å². The molecule has 2 nitrogen and oxygen atoms in total. The second kappa shape index (κ2) is 4.94. The highest BCUT2D eigenvalue weighted by Gasteiger charge is 2.14. The molecule has 0 radical (unpaired) electrons. The number of aryl methyl sites for hydroxylation is 1. The third-order valence-electron chi connectivity index (χ3n) is 2.58. The molecule has 0 aliphatic heterocycles. The van der Waals surface area contributed by atoms with Crippen LogP contribution in [0.15, 0.2) is 41.1 Å². The van der Waals surface area contributed by atoms with E-state index in [0.717, 1.165) is 21.8 Å². The number of pyridine rings is 1. The minimum Gasteiger partial charge on any atom is -0.384 e. The molecular weight excluding hydrogens is 285 g/mol. The lowest BCUT2D eigenvalue weighted by Gasteiger charge is -2.14. The van der Waals surface area contributed by atoms with Gasteiger partial charge in [-0.25, -0.2) is 4.39 Å². The van der Waals surface area contributed by atoms with Gasteiger partial charge < -0.3 is 5.11 Å². The fraction of sp³-hybridized carbons (Fsp3) is 0.154. The number of hydrogen-bond acceptors (Lipinski definition) is 2. The van der Waals surface area contributed by atoms with Gasteiger partial charge in [-0.3, -0.25) is 4.98 Å². The first kappa shape index (κ1) is 12.2. The third kappa shape index (κ3) is 2.70. The quantitative estimate of drug-likeness (QED) is 0.921. The van der Waals surface area contributed by atoms with Gasteiger partial charge in [0.25, 0.3) is 0 Å². The Morgan fingerprint density at radius 2 is 2.06 bits per heavy atom. The van der Waals surface area contributed by atoms with Crippen molar-refractivity contribution in [2.75, 3.05) is 0 Å². The van der Waals surface area contributed by atoms with E-state index in [2.05, 4.69) is 20.9 Å². The Morgan fingerprint density at radius 1 is 1.29 bits per heavy atom. The van der Waals surface area contributed by atoms with Crippen LogP contribution >= 0.6 is 15.9 Å². The molecule has 1 aromatic carbocycles. The van der Waals surface area contributed by atoms with Crippen molar-refractivity contribution in [2.45, 2.75) is 13.0 Å². The molecule has 0 amide bonds. The van der Waals surface area contributed by atoms with Gasteiger partial charge >= 0.3 is 0 Å². The molecule has 0 spiro atoms. The summed E-state index contributed by atoms with van der Waals surface area (Å²) in [5.41, 5.74) is 2.14. The zero-order chi connectivity index (χ0) is 12.4. The van der Waals surface area contributed by atoms with Crippen LogP contribution in [0.4, 0.5) is 4.39 Å². The van der Waals surface area contributed by atoms with Crippen LogP contribution in [-0.2, 0) is 0 Å². The largest absolute Gasteiger partial charge is 0.384 e. The Bertz CT molecular complexity index is 545. The molecule has 0 saturated heterocycles. The maximum absolute atomic E-state index is 13.0. The predicted octanol–water partition coefficient (Wildman–Crippen LogP) is 3.37. The number of nitrogens with zero attached hydrogens (tertiary/aromatic N) is 1. The molecule has 0 aliphatic rings. The molecule has 0 aliphatic carbocycles. The molecule has 17 heavy (non-hydrogen) atoms. The van der Waals surface area contributed by atoms with Gasteiger partial charge in [-0.1, -0.05) is 22.0 Å². The molecular formula is C13H11BrFNO. The van der Waals surface area contributed by atoms with Crippen LogP contribution in [0.2, 0.25) is 0 Å². The number of hydrogen-bond donors (Lipinski definition) is 1. The van der Waals surface area contributed by atoms with E-state index in [9.17, 15) is 9.50 Å². The first-order valence-electron chi connectivity index (χ1n) is 5.12. The minimum absolute atomic E-state index is 0.450. The van der Waals surface area contributed by atoms with E-state index in [1.165, 1.54) is 12.3 Å². The monoisotopic (exact) mass is 295 g/mol. The van der Waals surface area contributed by atoms with Crippen molar-refractivity contribution in [2.24, 2.45) is 0 Å². The third-order valence-corrected chi connectivity index (χ3v) is 3.07. The molecule has 88 valence electrons. The number of benzene rings is 1. The van der Waals surface area contributed by atoms with E-state index in [1.807, 2.05) is 25.1 Å². The second-order valence-corrected chi connectivity index (χ2v) is 4.76. The van der Waals surface area contributed by atoms with E-state index in [1.54, 1.807) is 0 Å². The van der Waals surface area contributed by atoms with Crippen LogP contribution in [0.5, 0.6) is 0 Å². The molecule has 0 fully saturated rings. The van der Waals surface area contributed by atoms with Gasteiger partial charge in [0, 0.05) is 16.2 Å². The molecule has 1 atom stereocenters. The summed E-state index contributed by atoms with van der Waals surface area (Å²) in [4.78, 5) is 3.74. The fourth-order valence-electron chi connectivity index (χ4n) is 1.66. The molecule has 1 aromatic heterocycles. The van der Waals surface area contributed by atoms with Crippen LogP contribution in [0.25, 0.3) is 0 Å². The summed E-state index contributed by atoms with van der Waals surface area (Å²) in [5.74, 6) is -0.450. The average Bonchev–Trinajstić information content (AvgIpc) is 2.31. The topological polar surface area (TPSA) is 33.1 Å². The van der Waals surface area contributed by atoms with Crippen molar-refractivity contribution in [3.8, 4) is 0 Å². The van der Waals surface area contributed by atoms with Crippen LogP contribution in [-0.4, -0.2) is 10.1 Å². The summed E-state index contributed by atoms with van der Waals surface area (Å²) < 4.78 is 13.9. The van der Waals surface area contributed by atoms with Crippen molar-refractivity contribution in [1.29, 1.82) is 0 Å². The Balaban J connectivity index is 2.43. The lowest BCUT2D eigenvalue weighted by atomic mass is 9.99. The van der Waals surface area contributed by atoms with E-state index < -0.39 is 11.9 Å². The zero-order valence-electron chi connectivity index (χ0n) is 9.19. The normalized spacial score (nSPS) is 12.5. The Labute approximate surface area is 107 Å². The summed E-state index contributed by atoms with van der Waals surface area (Å²) in [7, 11) is 0. The van der Waals surface area contributed by atoms with Crippen molar-refractivity contribution < 1.29 is 9.50 Å². The molecule has 1 unspecified atom stereocenters. The van der Waals surface area contributed by atoms with Gasteiger partial charge in [-0.2, -0.15) is 0 Å². The summed E-state index contributed by atoms with van der Waals surface area (Å²) in [6, 6.07) is 6.91. The van der Waals surface area contributed by atoms with Crippen molar-refractivity contribution in [1.82, 2.24) is 4.98 Å². The lowest BCUT2D eigenvalue weighted by molar-refractivity contribution is 0.218. The summed E-state index contributed by atoms with van der Waals surface area (Å²) in [6.45, 7) is 1.90. The maximum Gasteiger partial charge on any atom is 0.141 e. The fourth-order valence-corrected chi connectivity index (χ4v) is 2.04. The molecule has 2 rings (SSSR count). The second-order valence-electron chi connectivity index (χ2n) is 3.84. The SMILES string of the molecule is Cc1ccc(Br)cc1C(O)c1cncc(F)c1. The Kier molecular flexibility index (Phi) is 3.54. The highest BCUT2D eigenvalue weighted by molar-refractivity contribution is 9.10. The van der Waals surface area contributed by atoms with Crippen LogP contribution in [0.1, 0.15) is 22.8 Å². The van der Waals surface area contributed by atoms with Crippen LogP contribution < -0.4 is 0 Å². The number of halogens is 2. The van der Waals surface area contributed by atoms with Crippen molar-refractivity contribution in [3.63, 3.8) is 0 Å². The standard InChI is InChI=1S/C13H11BrFNO/c1-8-2-3-10(14)5-12(8)13(17)9-4-11(15)7-16-6-9/h2-7,13,17H,1H3. The van der Waals surface area contributed by atoms with Crippen LogP contribution in [0, 0.1) is 12.7 Å².